The van der Waals surface area contributed by atoms with Gasteiger partial charge in [0.15, 0.2) is 0 Å². The Kier molecular flexibility index (Phi) is 3.85. The summed E-state index contributed by atoms with van der Waals surface area (Å²) >= 11 is 3.43. The van der Waals surface area contributed by atoms with Crippen molar-refractivity contribution >= 4 is 33.2 Å². The Morgan fingerprint density at radius 1 is 1.37 bits per heavy atom. The van der Waals surface area contributed by atoms with Crippen molar-refractivity contribution in [3.05, 3.63) is 52.3 Å². The predicted octanol–water partition coefficient (Wildman–Crippen LogP) is 3.01. The van der Waals surface area contributed by atoms with Gasteiger partial charge in [-0.25, -0.2) is 0 Å². The Balaban J connectivity index is 2.40. The smallest absolute Gasteiger partial charge is 0.258 e. The minimum atomic E-state index is -0.100. The van der Waals surface area contributed by atoms with Crippen molar-refractivity contribution in [1.82, 2.24) is 4.98 Å². The molecule has 2 aromatic rings. The van der Waals surface area contributed by atoms with Gasteiger partial charge < -0.3 is 10.6 Å². The molecule has 5 heteroatoms. The molecular formula is C14H14BrN3O. The number of hydrogen-bond acceptors (Lipinski definition) is 3. The number of amides is 1. The fraction of sp³-hybridized carbons (Fsp3) is 0.143. The van der Waals surface area contributed by atoms with E-state index in [4.69, 9.17) is 5.73 Å². The molecule has 0 saturated carbocycles. The van der Waals surface area contributed by atoms with Gasteiger partial charge in [0.1, 0.15) is 0 Å². The first-order valence-corrected chi connectivity index (χ1v) is 6.54. The average Bonchev–Trinajstić information content (AvgIpc) is 2.41. The lowest BCUT2D eigenvalue weighted by molar-refractivity contribution is 0.0992. The number of hydrogen-bond donors (Lipinski definition) is 1. The molecule has 1 amide bonds. The van der Waals surface area contributed by atoms with Crippen LogP contribution in [0.25, 0.3) is 0 Å². The van der Waals surface area contributed by atoms with Gasteiger partial charge in [0.25, 0.3) is 5.91 Å². The van der Waals surface area contributed by atoms with Crippen LogP contribution >= 0.6 is 15.9 Å². The van der Waals surface area contributed by atoms with Crippen LogP contribution in [0.3, 0.4) is 0 Å². The monoisotopic (exact) mass is 319 g/mol. The summed E-state index contributed by atoms with van der Waals surface area (Å²) in [6.07, 6.45) is 3.15. The van der Waals surface area contributed by atoms with Crippen LogP contribution in [0.15, 0.2) is 41.1 Å². The SMILES string of the molecule is Cc1c(Br)cccc1C(=O)N(C)c1ccncc1N. The molecule has 0 unspecified atom stereocenters. The highest BCUT2D eigenvalue weighted by Gasteiger charge is 2.18. The Morgan fingerprint density at radius 2 is 2.11 bits per heavy atom. The van der Waals surface area contributed by atoms with Crippen LogP contribution in [0.2, 0.25) is 0 Å². The molecule has 98 valence electrons. The second-order valence-electron chi connectivity index (χ2n) is 4.21. The number of nitrogen functional groups attached to an aromatic ring is 1. The lowest BCUT2D eigenvalue weighted by Gasteiger charge is -2.20. The van der Waals surface area contributed by atoms with Gasteiger partial charge in [-0.1, -0.05) is 22.0 Å². The summed E-state index contributed by atoms with van der Waals surface area (Å²) in [6, 6.07) is 7.28. The van der Waals surface area contributed by atoms with E-state index in [0.29, 0.717) is 16.9 Å². The van der Waals surface area contributed by atoms with Gasteiger partial charge in [0.05, 0.1) is 17.6 Å². The lowest BCUT2D eigenvalue weighted by atomic mass is 10.1. The molecular weight excluding hydrogens is 306 g/mol. The maximum absolute atomic E-state index is 12.5. The van der Waals surface area contributed by atoms with E-state index >= 15 is 0 Å². The minimum Gasteiger partial charge on any atom is -0.396 e. The molecule has 2 N–H and O–H groups in total. The third-order valence-electron chi connectivity index (χ3n) is 2.99. The topological polar surface area (TPSA) is 59.2 Å². The summed E-state index contributed by atoms with van der Waals surface area (Å²) < 4.78 is 0.912. The van der Waals surface area contributed by atoms with Gasteiger partial charge in [-0.15, -0.1) is 0 Å². The third kappa shape index (κ3) is 2.61. The molecule has 0 aliphatic carbocycles. The summed E-state index contributed by atoms with van der Waals surface area (Å²) in [5, 5.41) is 0. The van der Waals surface area contributed by atoms with E-state index in [9.17, 15) is 4.79 Å². The van der Waals surface area contributed by atoms with Gasteiger partial charge in [0, 0.05) is 23.3 Å². The standard InChI is InChI=1S/C14H14BrN3O/c1-9-10(4-3-5-11(9)15)14(19)18(2)13-6-7-17-8-12(13)16/h3-8H,16H2,1-2H3. The zero-order valence-corrected chi connectivity index (χ0v) is 12.3. The van der Waals surface area contributed by atoms with Crippen molar-refractivity contribution in [1.29, 1.82) is 0 Å². The number of halogens is 1. The summed E-state index contributed by atoms with van der Waals surface area (Å²) in [5.74, 6) is -0.100. The number of anilines is 2. The van der Waals surface area contributed by atoms with Crippen LogP contribution in [0.1, 0.15) is 15.9 Å². The van der Waals surface area contributed by atoms with Crippen molar-refractivity contribution in [2.24, 2.45) is 0 Å². The van der Waals surface area contributed by atoms with Crippen molar-refractivity contribution in [2.45, 2.75) is 6.92 Å². The number of benzene rings is 1. The van der Waals surface area contributed by atoms with Crippen molar-refractivity contribution in [2.75, 3.05) is 17.7 Å². The minimum absolute atomic E-state index is 0.100. The van der Waals surface area contributed by atoms with Gasteiger partial charge in [-0.05, 0) is 30.7 Å². The van der Waals surface area contributed by atoms with E-state index < -0.39 is 0 Å². The molecule has 1 aromatic carbocycles. The highest BCUT2D eigenvalue weighted by Crippen LogP contribution is 2.25. The van der Waals surface area contributed by atoms with Crippen LogP contribution in [0, 0.1) is 6.92 Å². The largest absolute Gasteiger partial charge is 0.396 e. The maximum Gasteiger partial charge on any atom is 0.258 e. The van der Waals surface area contributed by atoms with Crippen LogP contribution in [-0.2, 0) is 0 Å². The zero-order valence-electron chi connectivity index (χ0n) is 10.7. The molecule has 4 nitrogen and oxygen atoms in total. The quantitative estimate of drug-likeness (QED) is 0.925. The molecule has 19 heavy (non-hydrogen) atoms. The molecule has 2 rings (SSSR count). The first-order chi connectivity index (χ1) is 9.02. The third-order valence-corrected chi connectivity index (χ3v) is 3.85. The highest BCUT2D eigenvalue weighted by molar-refractivity contribution is 9.10. The lowest BCUT2D eigenvalue weighted by Crippen LogP contribution is -2.27. The fourth-order valence-corrected chi connectivity index (χ4v) is 2.20. The molecule has 0 saturated heterocycles. The normalized spacial score (nSPS) is 10.3. The Labute approximate surface area is 120 Å². The van der Waals surface area contributed by atoms with Gasteiger partial charge in [-0.2, -0.15) is 0 Å². The second-order valence-corrected chi connectivity index (χ2v) is 5.07. The van der Waals surface area contributed by atoms with Crippen molar-refractivity contribution < 1.29 is 4.79 Å². The molecule has 0 spiro atoms. The van der Waals surface area contributed by atoms with Crippen LogP contribution in [0.5, 0.6) is 0 Å². The van der Waals surface area contributed by atoms with Crippen LogP contribution in [0.4, 0.5) is 11.4 Å². The average molecular weight is 320 g/mol. The number of rotatable bonds is 2. The number of nitrogens with zero attached hydrogens (tertiary/aromatic N) is 2. The van der Waals surface area contributed by atoms with Crippen molar-refractivity contribution in [3.63, 3.8) is 0 Å². The summed E-state index contributed by atoms with van der Waals surface area (Å²) in [7, 11) is 1.70. The number of aromatic nitrogens is 1. The first-order valence-electron chi connectivity index (χ1n) is 5.75. The molecule has 0 bridgehead atoms. The highest BCUT2D eigenvalue weighted by atomic mass is 79.9. The Hall–Kier alpha value is -1.88. The van der Waals surface area contributed by atoms with E-state index in [-0.39, 0.29) is 5.91 Å². The summed E-state index contributed by atoms with van der Waals surface area (Å²) in [6.45, 7) is 1.90. The van der Waals surface area contributed by atoms with E-state index in [1.165, 1.54) is 11.1 Å². The van der Waals surface area contributed by atoms with Gasteiger partial charge in [-0.3, -0.25) is 9.78 Å². The number of nitrogens with two attached hydrogens (primary N) is 1. The van der Waals surface area contributed by atoms with E-state index in [0.717, 1.165) is 10.0 Å². The fourth-order valence-electron chi connectivity index (χ4n) is 1.83. The molecule has 0 radical (unpaired) electrons. The Morgan fingerprint density at radius 3 is 2.79 bits per heavy atom. The zero-order chi connectivity index (χ0) is 14.0. The van der Waals surface area contributed by atoms with E-state index in [1.807, 2.05) is 19.1 Å². The molecule has 0 aliphatic heterocycles. The van der Waals surface area contributed by atoms with E-state index in [2.05, 4.69) is 20.9 Å². The van der Waals surface area contributed by atoms with Crippen molar-refractivity contribution in [3.8, 4) is 0 Å². The van der Waals surface area contributed by atoms with E-state index in [1.54, 1.807) is 25.4 Å². The number of pyridine rings is 1. The number of carbonyl (C=O) groups excluding carboxylic acids is 1. The van der Waals surface area contributed by atoms with Gasteiger partial charge >= 0.3 is 0 Å². The summed E-state index contributed by atoms with van der Waals surface area (Å²) in [4.78, 5) is 18.0. The van der Waals surface area contributed by atoms with Crippen LogP contribution in [-0.4, -0.2) is 17.9 Å². The molecule has 0 fully saturated rings. The van der Waals surface area contributed by atoms with Gasteiger partial charge in [0.2, 0.25) is 0 Å². The summed E-state index contributed by atoms with van der Waals surface area (Å²) in [5.41, 5.74) is 8.53. The second kappa shape index (κ2) is 5.40. The molecule has 0 atom stereocenters. The molecule has 1 heterocycles. The predicted molar refractivity (Wildman–Crippen MR) is 80.3 cm³/mol. The van der Waals surface area contributed by atoms with Crippen LogP contribution < -0.4 is 10.6 Å². The molecule has 0 aliphatic rings. The maximum atomic E-state index is 12.5. The first kappa shape index (κ1) is 13.5. The Bertz CT molecular complexity index is 628. The molecule has 1 aromatic heterocycles. The number of carbonyl (C=O) groups is 1.